The smallest absolute Gasteiger partial charge is 0.0809 e. The summed E-state index contributed by atoms with van der Waals surface area (Å²) in [6.07, 6.45) is 0. The van der Waals surface area contributed by atoms with Crippen LogP contribution in [0.5, 0.6) is 0 Å². The van der Waals surface area contributed by atoms with Crippen LogP contribution in [0.15, 0.2) is 103 Å². The molecule has 26 heavy (non-hydrogen) atoms. The Morgan fingerprint density at radius 1 is 0.692 bits per heavy atom. The molecule has 1 N–H and O–H groups in total. The van der Waals surface area contributed by atoms with Gasteiger partial charge in [-0.2, -0.15) is 17.5 Å². The Kier molecular flexibility index (Phi) is 11.1. The quantitative estimate of drug-likeness (QED) is 0.144. The van der Waals surface area contributed by atoms with Gasteiger partial charge in [-0.15, -0.1) is 29.7 Å². The monoisotopic (exact) mass is 764 g/mol. The van der Waals surface area contributed by atoms with Crippen LogP contribution >= 0.6 is 47.3 Å². The predicted molar refractivity (Wildman–Crippen MR) is 129 cm³/mol. The fourth-order valence-electron chi connectivity index (χ4n) is 2.36. The molecule has 0 bridgehead atoms. The van der Waals surface area contributed by atoms with Crippen molar-refractivity contribution in [1.82, 2.24) is 0 Å². The molecule has 0 aliphatic heterocycles. The summed E-state index contributed by atoms with van der Waals surface area (Å²) >= 11 is 4.80. The van der Waals surface area contributed by atoms with E-state index < -0.39 is 8.15 Å². The molecule has 0 saturated heterocycles. The maximum Gasteiger partial charge on any atom is -0.0809 e. The van der Waals surface area contributed by atoms with Crippen LogP contribution in [0.2, 0.25) is 0 Å². The number of rotatable bonds is 2. The van der Waals surface area contributed by atoms with Crippen molar-refractivity contribution < 1.29 is 15.4 Å². The van der Waals surface area contributed by atoms with E-state index in [9.17, 15) is 4.89 Å². The molecule has 0 unspecified atom stereocenters. The van der Waals surface area contributed by atoms with E-state index in [1.54, 1.807) is 0 Å². The second kappa shape index (κ2) is 13.0. The van der Waals surface area contributed by atoms with Crippen molar-refractivity contribution in [3.8, 4) is 0 Å². The van der Waals surface area contributed by atoms with Gasteiger partial charge in [-0.25, -0.2) is 0 Å². The van der Waals surface area contributed by atoms with Crippen molar-refractivity contribution in [1.29, 1.82) is 0 Å². The molecule has 4 aromatic rings. The first-order valence-corrected chi connectivity index (χ1v) is 22.7. The Labute approximate surface area is 185 Å². The minimum Gasteiger partial charge on any atom is -0.168 e. The van der Waals surface area contributed by atoms with Crippen molar-refractivity contribution in [3.05, 3.63) is 103 Å². The minimum absolute atomic E-state index is 0.440. The molecule has 136 valence electrons. The minimum atomic E-state index is -1.17. The number of hydrogen-bond acceptors (Lipinski definition) is 1. The first-order chi connectivity index (χ1) is 12.8. The van der Waals surface area contributed by atoms with E-state index in [-0.39, 0.29) is 0 Å². The van der Waals surface area contributed by atoms with Gasteiger partial charge in [-0.1, -0.05) is 66.7 Å². The van der Waals surface area contributed by atoms with Crippen LogP contribution in [-0.2, 0) is 10.5 Å². The van der Waals surface area contributed by atoms with Crippen LogP contribution in [0.1, 0.15) is 0 Å². The number of hydrogen-bond donors (Lipinski definition) is 1. The largest absolute Gasteiger partial charge is 0.168 e. The zero-order valence-electron chi connectivity index (χ0n) is 13.8. The standard InChI is InChI=1S/C12H11OP.C9H7.2HI.Ir/c13-14(11-7-3-1-4-8-11)12-9-5-2-6-10-12;1-2-5-9-7-3-6-8(9)4-1;;;/h1-10,13H;1-7H;2*1H;/q;-1;;;+3/p-2. The van der Waals surface area contributed by atoms with Crippen molar-refractivity contribution >= 4 is 68.7 Å². The van der Waals surface area contributed by atoms with Gasteiger partial charge >= 0.3 is 49.7 Å². The van der Waals surface area contributed by atoms with E-state index >= 15 is 0 Å². The third-order valence-electron chi connectivity index (χ3n) is 3.55. The van der Waals surface area contributed by atoms with Gasteiger partial charge < -0.3 is 4.89 Å². The SMILES string of the molecule is OP(c1ccccc1)c1ccccc1.[I][Ir+][I].c1ccc2[cH-]ccc2c1. The van der Waals surface area contributed by atoms with Crippen LogP contribution in [0.25, 0.3) is 10.8 Å². The summed E-state index contributed by atoms with van der Waals surface area (Å²) in [6.45, 7) is 0. The molecule has 0 fully saturated rings. The van der Waals surface area contributed by atoms with E-state index in [1.165, 1.54) is 10.8 Å². The van der Waals surface area contributed by atoms with Crippen molar-refractivity contribution in [2.75, 3.05) is 0 Å². The van der Waals surface area contributed by atoms with Crippen molar-refractivity contribution in [2.45, 2.75) is 0 Å². The second-order valence-electron chi connectivity index (χ2n) is 5.19. The Hall–Kier alpha value is -0.231. The Morgan fingerprint density at radius 2 is 1.15 bits per heavy atom. The van der Waals surface area contributed by atoms with Gasteiger partial charge in [0.15, 0.2) is 0 Å². The van der Waals surface area contributed by atoms with Gasteiger partial charge in [0.2, 0.25) is 0 Å². The molecule has 0 amide bonds. The molecular weight excluding hydrogens is 745 g/mol. The fraction of sp³-hybridized carbons (Fsp3) is 0. The normalized spacial score (nSPS) is 10.0. The molecule has 0 saturated carbocycles. The maximum atomic E-state index is 10.1. The molecule has 0 spiro atoms. The Morgan fingerprint density at radius 3 is 1.65 bits per heavy atom. The van der Waals surface area contributed by atoms with Gasteiger partial charge in [0, 0.05) is 10.6 Å². The van der Waals surface area contributed by atoms with Crippen LogP contribution in [0.4, 0.5) is 0 Å². The number of benzene rings is 3. The fourth-order valence-corrected chi connectivity index (χ4v) is 3.56. The molecule has 0 aromatic heterocycles. The predicted octanol–water partition coefficient (Wildman–Crippen LogP) is 6.35. The van der Waals surface area contributed by atoms with Gasteiger partial charge in [0.25, 0.3) is 0 Å². The molecule has 0 aliphatic carbocycles. The molecule has 0 heterocycles. The summed E-state index contributed by atoms with van der Waals surface area (Å²) in [4.78, 5) is 10.1. The zero-order valence-corrected chi connectivity index (χ0v) is 21.4. The van der Waals surface area contributed by atoms with Crippen LogP contribution < -0.4 is 10.6 Å². The van der Waals surface area contributed by atoms with E-state index in [1.807, 2.05) is 60.7 Å². The van der Waals surface area contributed by atoms with Gasteiger partial charge in [-0.3, -0.25) is 0 Å². The summed E-state index contributed by atoms with van der Waals surface area (Å²) in [7, 11) is -0.731. The van der Waals surface area contributed by atoms with Crippen molar-refractivity contribution in [3.63, 3.8) is 0 Å². The summed E-state index contributed by atoms with van der Waals surface area (Å²) in [5, 5.41) is 4.65. The van der Waals surface area contributed by atoms with E-state index in [4.69, 9.17) is 0 Å². The third kappa shape index (κ3) is 7.41. The van der Waals surface area contributed by atoms with E-state index in [0.717, 1.165) is 10.6 Å². The second-order valence-corrected chi connectivity index (χ2v) is 24.3. The van der Waals surface area contributed by atoms with Gasteiger partial charge in [-0.05, 0) is 0 Å². The van der Waals surface area contributed by atoms with Crippen LogP contribution in [0.3, 0.4) is 0 Å². The average molecular weight is 763 g/mol. The zero-order chi connectivity index (χ0) is 18.6. The Bertz CT molecular complexity index is 799. The van der Waals surface area contributed by atoms with Crippen LogP contribution in [0, 0.1) is 0 Å². The topological polar surface area (TPSA) is 20.2 Å². The van der Waals surface area contributed by atoms with E-state index in [0.29, 0.717) is 10.5 Å². The maximum absolute atomic E-state index is 10.1. The average Bonchev–Trinajstić information content (AvgIpc) is 3.19. The molecule has 4 rings (SSSR count). The molecule has 4 aromatic carbocycles. The number of halogens is 2. The molecule has 0 atom stereocenters. The summed E-state index contributed by atoms with van der Waals surface area (Å²) < 4.78 is 0. The summed E-state index contributed by atoms with van der Waals surface area (Å²) in [5.41, 5.74) is 0. The summed E-state index contributed by atoms with van der Waals surface area (Å²) in [5.74, 6) is 0. The molecular formula is C21H18I2IrOP. The van der Waals surface area contributed by atoms with Gasteiger partial charge in [0.1, 0.15) is 0 Å². The van der Waals surface area contributed by atoms with Crippen molar-refractivity contribution in [2.24, 2.45) is 0 Å². The molecule has 0 aliphatic rings. The van der Waals surface area contributed by atoms with Gasteiger partial charge in [0.05, 0.1) is 8.15 Å². The first kappa shape index (κ1) is 22.1. The van der Waals surface area contributed by atoms with Crippen LogP contribution in [-0.4, -0.2) is 4.89 Å². The summed E-state index contributed by atoms with van der Waals surface area (Å²) in [6, 6.07) is 34.2. The molecule has 0 radical (unpaired) electrons. The molecule has 1 nitrogen and oxygen atoms in total. The van der Waals surface area contributed by atoms with E-state index in [2.05, 4.69) is 81.7 Å². The Balaban J connectivity index is 0.000000173. The number of fused-ring (bicyclic) bond motifs is 1. The first-order valence-electron chi connectivity index (χ1n) is 7.79. The molecule has 5 heteroatoms. The third-order valence-corrected chi connectivity index (χ3v) is 5.12.